The van der Waals surface area contributed by atoms with E-state index < -0.39 is 0 Å². The van der Waals surface area contributed by atoms with Crippen LogP contribution in [0.15, 0.2) is 46.6 Å². The van der Waals surface area contributed by atoms with Crippen molar-refractivity contribution in [1.82, 2.24) is 9.88 Å². The molecule has 4 rings (SSSR count). The largest absolute Gasteiger partial charge is 0.496 e. The number of hydrogen-bond acceptors (Lipinski definition) is 6. The van der Waals surface area contributed by atoms with Crippen LogP contribution in [0.5, 0.6) is 5.75 Å². The highest BCUT2D eigenvalue weighted by atomic mass is 32.1. The maximum atomic E-state index is 12.8. The summed E-state index contributed by atoms with van der Waals surface area (Å²) in [5.74, 6) is 0.251. The van der Waals surface area contributed by atoms with Crippen LogP contribution in [0.25, 0.3) is 11.3 Å². The highest BCUT2D eigenvalue weighted by molar-refractivity contribution is 7.14. The molecule has 1 fully saturated rings. The first-order valence-corrected chi connectivity index (χ1v) is 10.7. The normalized spacial score (nSPS) is 16.3. The SMILES string of the molecule is COc1ccc(C)cc1-c1csc(NC(=O)C2CCCN(C(=O)c3ccoc3)C2)n1. The van der Waals surface area contributed by atoms with Crippen LogP contribution in [0.4, 0.5) is 5.13 Å². The molecule has 3 heterocycles. The average Bonchev–Trinajstić information content (AvgIpc) is 3.46. The molecule has 1 aliphatic rings. The maximum Gasteiger partial charge on any atom is 0.257 e. The Kier molecular flexibility index (Phi) is 5.85. The quantitative estimate of drug-likeness (QED) is 0.662. The highest BCUT2D eigenvalue weighted by Gasteiger charge is 2.29. The Labute approximate surface area is 178 Å². The number of aromatic nitrogens is 1. The number of nitrogens with one attached hydrogen (secondary N) is 1. The first kappa shape index (κ1) is 20.2. The fourth-order valence-electron chi connectivity index (χ4n) is 3.63. The van der Waals surface area contributed by atoms with E-state index in [1.807, 2.05) is 30.5 Å². The molecule has 8 heteroatoms. The molecule has 7 nitrogen and oxygen atoms in total. The number of rotatable bonds is 5. The van der Waals surface area contributed by atoms with Gasteiger partial charge in [-0.2, -0.15) is 0 Å². The van der Waals surface area contributed by atoms with Crippen molar-refractivity contribution in [2.75, 3.05) is 25.5 Å². The first-order valence-electron chi connectivity index (χ1n) is 9.78. The summed E-state index contributed by atoms with van der Waals surface area (Å²) < 4.78 is 10.4. The van der Waals surface area contributed by atoms with Gasteiger partial charge < -0.3 is 19.4 Å². The molecule has 1 atom stereocenters. The Bertz CT molecular complexity index is 1040. The number of carbonyl (C=O) groups is 2. The minimum atomic E-state index is -0.268. The number of piperidine rings is 1. The summed E-state index contributed by atoms with van der Waals surface area (Å²) in [6.07, 6.45) is 4.43. The van der Waals surface area contributed by atoms with E-state index in [0.717, 1.165) is 35.4 Å². The van der Waals surface area contributed by atoms with Crippen LogP contribution >= 0.6 is 11.3 Å². The third-order valence-corrected chi connectivity index (χ3v) is 5.97. The predicted octanol–water partition coefficient (Wildman–Crippen LogP) is 4.21. The molecule has 0 spiro atoms. The Morgan fingerprint density at radius 1 is 1.33 bits per heavy atom. The van der Waals surface area contributed by atoms with Gasteiger partial charge in [0, 0.05) is 24.0 Å². The van der Waals surface area contributed by atoms with Gasteiger partial charge in [0.2, 0.25) is 5.91 Å². The van der Waals surface area contributed by atoms with Gasteiger partial charge in [-0.05, 0) is 38.0 Å². The van der Waals surface area contributed by atoms with E-state index in [9.17, 15) is 9.59 Å². The second-order valence-electron chi connectivity index (χ2n) is 7.33. The third-order valence-electron chi connectivity index (χ3n) is 5.21. The zero-order valence-corrected chi connectivity index (χ0v) is 17.7. The molecule has 0 bridgehead atoms. The summed E-state index contributed by atoms with van der Waals surface area (Å²) in [5.41, 5.74) is 3.27. The smallest absolute Gasteiger partial charge is 0.257 e. The van der Waals surface area contributed by atoms with Crippen molar-refractivity contribution >= 4 is 28.3 Å². The van der Waals surface area contributed by atoms with Crippen molar-refractivity contribution in [2.24, 2.45) is 5.92 Å². The van der Waals surface area contributed by atoms with Crippen LogP contribution in [0.1, 0.15) is 28.8 Å². The molecule has 156 valence electrons. The number of benzene rings is 1. The van der Waals surface area contributed by atoms with Gasteiger partial charge in [0.05, 0.1) is 30.5 Å². The Hall–Kier alpha value is -3.13. The summed E-state index contributed by atoms with van der Waals surface area (Å²) in [6.45, 7) is 3.04. The van der Waals surface area contributed by atoms with Crippen molar-refractivity contribution < 1.29 is 18.7 Å². The van der Waals surface area contributed by atoms with Crippen LogP contribution in [0, 0.1) is 12.8 Å². The molecule has 1 aromatic carbocycles. The maximum absolute atomic E-state index is 12.8. The zero-order valence-electron chi connectivity index (χ0n) is 16.9. The number of methoxy groups -OCH3 is 1. The zero-order chi connectivity index (χ0) is 21.1. The molecule has 1 aliphatic heterocycles. The lowest BCUT2D eigenvalue weighted by Crippen LogP contribution is -2.43. The third kappa shape index (κ3) is 4.23. The number of thiazole rings is 1. The first-order chi connectivity index (χ1) is 14.5. The molecule has 30 heavy (non-hydrogen) atoms. The topological polar surface area (TPSA) is 84.7 Å². The van der Waals surface area contributed by atoms with E-state index in [0.29, 0.717) is 23.8 Å². The Morgan fingerprint density at radius 3 is 2.97 bits per heavy atom. The van der Waals surface area contributed by atoms with Gasteiger partial charge in [0.25, 0.3) is 5.91 Å². The van der Waals surface area contributed by atoms with Crippen molar-refractivity contribution in [3.63, 3.8) is 0 Å². The number of nitrogens with zero attached hydrogens (tertiary/aromatic N) is 2. The molecular formula is C22H23N3O4S. The monoisotopic (exact) mass is 425 g/mol. The van der Waals surface area contributed by atoms with E-state index in [4.69, 9.17) is 9.15 Å². The number of amides is 2. The number of aryl methyl sites for hydroxylation is 1. The van der Waals surface area contributed by atoms with Gasteiger partial charge in [0.15, 0.2) is 5.13 Å². The van der Waals surface area contributed by atoms with E-state index >= 15 is 0 Å². The number of hydrogen-bond donors (Lipinski definition) is 1. The van der Waals surface area contributed by atoms with E-state index in [1.54, 1.807) is 18.1 Å². The Morgan fingerprint density at radius 2 is 2.20 bits per heavy atom. The minimum absolute atomic E-state index is 0.107. The van der Waals surface area contributed by atoms with E-state index in [-0.39, 0.29) is 17.7 Å². The summed E-state index contributed by atoms with van der Waals surface area (Å²) >= 11 is 1.38. The summed E-state index contributed by atoms with van der Waals surface area (Å²) in [6, 6.07) is 7.55. The average molecular weight is 426 g/mol. The lowest BCUT2D eigenvalue weighted by atomic mass is 9.97. The summed E-state index contributed by atoms with van der Waals surface area (Å²) in [7, 11) is 1.63. The molecule has 0 radical (unpaired) electrons. The molecule has 2 aromatic heterocycles. The van der Waals surface area contributed by atoms with Crippen LogP contribution in [0.3, 0.4) is 0 Å². The van der Waals surface area contributed by atoms with Crippen LogP contribution < -0.4 is 10.1 Å². The summed E-state index contributed by atoms with van der Waals surface area (Å²) in [4.78, 5) is 31.7. The van der Waals surface area contributed by atoms with Crippen LogP contribution in [-0.2, 0) is 4.79 Å². The molecule has 0 aliphatic carbocycles. The van der Waals surface area contributed by atoms with Crippen LogP contribution in [0.2, 0.25) is 0 Å². The van der Waals surface area contributed by atoms with Crippen molar-refractivity contribution in [2.45, 2.75) is 19.8 Å². The number of anilines is 1. The van der Waals surface area contributed by atoms with Gasteiger partial charge in [0.1, 0.15) is 12.0 Å². The lowest BCUT2D eigenvalue weighted by Gasteiger charge is -2.31. The fourth-order valence-corrected chi connectivity index (χ4v) is 4.34. The van der Waals surface area contributed by atoms with Gasteiger partial charge in [-0.15, -0.1) is 11.3 Å². The number of furan rings is 1. The van der Waals surface area contributed by atoms with Crippen molar-refractivity contribution in [1.29, 1.82) is 0 Å². The molecular weight excluding hydrogens is 402 g/mol. The van der Waals surface area contributed by atoms with Gasteiger partial charge in [-0.1, -0.05) is 11.6 Å². The van der Waals surface area contributed by atoms with Gasteiger partial charge in [-0.3, -0.25) is 9.59 Å². The number of ether oxygens (including phenoxy) is 1. The van der Waals surface area contributed by atoms with Crippen molar-refractivity contribution in [3.8, 4) is 17.0 Å². The van der Waals surface area contributed by atoms with Gasteiger partial charge >= 0.3 is 0 Å². The molecule has 2 amide bonds. The fraction of sp³-hybridized carbons (Fsp3) is 0.318. The molecule has 3 aromatic rings. The molecule has 1 saturated heterocycles. The highest BCUT2D eigenvalue weighted by Crippen LogP contribution is 2.33. The second kappa shape index (κ2) is 8.71. The second-order valence-corrected chi connectivity index (χ2v) is 8.19. The minimum Gasteiger partial charge on any atom is -0.496 e. The van der Waals surface area contributed by atoms with E-state index in [2.05, 4.69) is 10.3 Å². The predicted molar refractivity (Wildman–Crippen MR) is 115 cm³/mol. The standard InChI is InChI=1S/C22H23N3O4S/c1-14-5-6-19(28-2)17(10-14)18-13-30-22(23-18)24-20(26)15-4-3-8-25(11-15)21(27)16-7-9-29-12-16/h5-7,9-10,12-13,15H,3-4,8,11H2,1-2H3,(H,23,24,26). The van der Waals surface area contributed by atoms with E-state index in [1.165, 1.54) is 23.9 Å². The summed E-state index contributed by atoms with van der Waals surface area (Å²) in [5, 5.41) is 5.36. The van der Waals surface area contributed by atoms with Crippen molar-refractivity contribution in [3.05, 3.63) is 53.3 Å². The number of likely N-dealkylation sites (tertiary alicyclic amines) is 1. The number of carbonyl (C=O) groups excluding carboxylic acids is 2. The molecule has 1 N–H and O–H groups in total. The molecule has 0 saturated carbocycles. The van der Waals surface area contributed by atoms with Crippen LogP contribution in [-0.4, -0.2) is 41.9 Å². The lowest BCUT2D eigenvalue weighted by molar-refractivity contribution is -0.121. The molecule has 1 unspecified atom stereocenters. The Balaban J connectivity index is 1.43. The van der Waals surface area contributed by atoms with Gasteiger partial charge in [-0.25, -0.2) is 4.98 Å².